The average Bonchev–Trinajstić information content (AvgIpc) is 3.40. The van der Waals surface area contributed by atoms with E-state index in [1.54, 1.807) is 0 Å². The largest absolute Gasteiger partial charge is 0.310 e. The van der Waals surface area contributed by atoms with Gasteiger partial charge in [-0.05, 0) is 131 Å². The number of hydrogen-bond donors (Lipinski definition) is 0. The third-order valence-electron chi connectivity index (χ3n) is 11.0. The van der Waals surface area contributed by atoms with Gasteiger partial charge in [0.15, 0.2) is 0 Å². The van der Waals surface area contributed by atoms with E-state index in [-0.39, 0.29) is 5.41 Å². The molecule has 12 rings (SSSR count). The molecule has 7 aromatic carbocycles. The fourth-order valence-electron chi connectivity index (χ4n) is 8.36. The molecule has 0 radical (unpaired) electrons. The maximum absolute atomic E-state index is 2.50. The van der Waals surface area contributed by atoms with Gasteiger partial charge in [-0.1, -0.05) is 123 Å². The van der Waals surface area contributed by atoms with E-state index >= 15 is 0 Å². The van der Waals surface area contributed by atoms with Gasteiger partial charge in [-0.2, -0.15) is 0 Å². The molecule has 0 unspecified atom stereocenters. The maximum atomic E-state index is 2.50. The van der Waals surface area contributed by atoms with Crippen molar-refractivity contribution in [3.8, 4) is 11.1 Å². The zero-order valence-electron chi connectivity index (χ0n) is 29.4. The molecular formula is C49H42N2. The van der Waals surface area contributed by atoms with Gasteiger partial charge in [-0.25, -0.2) is 0 Å². The van der Waals surface area contributed by atoms with Gasteiger partial charge in [-0.3, -0.25) is 0 Å². The summed E-state index contributed by atoms with van der Waals surface area (Å²) >= 11 is 0. The third kappa shape index (κ3) is 5.62. The van der Waals surface area contributed by atoms with Crippen LogP contribution in [0, 0.1) is 0 Å². The molecule has 0 fully saturated rings. The summed E-state index contributed by atoms with van der Waals surface area (Å²) in [6.07, 6.45) is 3.78. The second kappa shape index (κ2) is 12.8. The molecule has 4 bridgehead atoms. The lowest BCUT2D eigenvalue weighted by Gasteiger charge is -2.30. The van der Waals surface area contributed by atoms with E-state index in [9.17, 15) is 0 Å². The summed E-state index contributed by atoms with van der Waals surface area (Å²) in [7, 11) is 0. The van der Waals surface area contributed by atoms with E-state index in [0.717, 1.165) is 25.7 Å². The van der Waals surface area contributed by atoms with E-state index in [1.807, 2.05) is 0 Å². The van der Waals surface area contributed by atoms with E-state index < -0.39 is 0 Å². The normalized spacial score (nSPS) is 13.9. The molecule has 0 heterocycles. The van der Waals surface area contributed by atoms with Gasteiger partial charge in [0.2, 0.25) is 0 Å². The minimum Gasteiger partial charge on any atom is -0.310 e. The molecule has 0 aliphatic heterocycles. The monoisotopic (exact) mass is 658 g/mol. The van der Waals surface area contributed by atoms with Crippen LogP contribution in [0.4, 0.5) is 34.1 Å². The highest BCUT2D eigenvalue weighted by atomic mass is 15.2. The quantitative estimate of drug-likeness (QED) is 0.175. The van der Waals surface area contributed by atoms with E-state index in [2.05, 4.69) is 194 Å². The lowest BCUT2D eigenvalue weighted by Crippen LogP contribution is -2.16. The Kier molecular flexibility index (Phi) is 7.81. The first kappa shape index (κ1) is 31.1. The first-order valence-electron chi connectivity index (χ1n) is 18.3. The molecule has 0 saturated carbocycles. The van der Waals surface area contributed by atoms with Crippen molar-refractivity contribution in [2.45, 2.75) is 44.9 Å². The number of nitrogens with zero attached hydrogens (tertiary/aromatic N) is 2. The van der Waals surface area contributed by atoms with Crippen molar-refractivity contribution in [3.05, 3.63) is 203 Å². The van der Waals surface area contributed by atoms with E-state index in [4.69, 9.17) is 0 Å². The van der Waals surface area contributed by atoms with Gasteiger partial charge in [0.05, 0.1) is 0 Å². The van der Waals surface area contributed by atoms with Crippen LogP contribution in [0.25, 0.3) is 11.1 Å². The number of aryl methyl sites for hydroxylation is 4. The third-order valence-corrected chi connectivity index (χ3v) is 11.0. The van der Waals surface area contributed by atoms with Gasteiger partial charge in [-0.15, -0.1) is 0 Å². The highest BCUT2D eigenvalue weighted by Crippen LogP contribution is 2.51. The Bertz CT molecular complexity index is 2300. The summed E-state index contributed by atoms with van der Waals surface area (Å²) in [5.41, 5.74) is 18.2. The summed E-state index contributed by atoms with van der Waals surface area (Å²) in [5.74, 6) is 0. The molecule has 0 aromatic heterocycles. The number of hydrogen-bond acceptors (Lipinski definition) is 2. The van der Waals surface area contributed by atoms with Crippen LogP contribution in [0.3, 0.4) is 0 Å². The number of fused-ring (bicyclic) bond motifs is 3. The maximum Gasteiger partial charge on any atom is 0.0496 e. The summed E-state index contributed by atoms with van der Waals surface area (Å²) in [6, 6.07) is 63.0. The molecule has 51 heavy (non-hydrogen) atoms. The van der Waals surface area contributed by atoms with Crippen molar-refractivity contribution in [3.63, 3.8) is 0 Å². The van der Waals surface area contributed by atoms with E-state index in [1.165, 1.54) is 78.6 Å². The molecule has 0 saturated heterocycles. The highest BCUT2D eigenvalue weighted by Gasteiger charge is 2.35. The number of benzene rings is 7. The first-order chi connectivity index (χ1) is 25.0. The lowest BCUT2D eigenvalue weighted by atomic mass is 9.82. The topological polar surface area (TPSA) is 6.48 Å². The molecule has 2 heteroatoms. The molecule has 248 valence electrons. The highest BCUT2D eigenvalue weighted by molar-refractivity contribution is 5.87. The number of anilines is 6. The van der Waals surface area contributed by atoms with Crippen molar-refractivity contribution < 1.29 is 0 Å². The van der Waals surface area contributed by atoms with Crippen LogP contribution in [-0.4, -0.2) is 0 Å². The minimum absolute atomic E-state index is 0.0223. The van der Waals surface area contributed by atoms with Crippen LogP contribution >= 0.6 is 0 Å². The zero-order valence-corrected chi connectivity index (χ0v) is 29.4. The smallest absolute Gasteiger partial charge is 0.0496 e. The van der Waals surface area contributed by atoms with E-state index in [0.29, 0.717) is 0 Å². The van der Waals surface area contributed by atoms with Crippen molar-refractivity contribution in [1.29, 1.82) is 0 Å². The molecule has 0 atom stereocenters. The molecule has 7 aromatic rings. The van der Waals surface area contributed by atoms with Gasteiger partial charge >= 0.3 is 0 Å². The second-order valence-electron chi connectivity index (χ2n) is 14.5. The van der Waals surface area contributed by atoms with Crippen LogP contribution in [0.2, 0.25) is 0 Å². The molecule has 0 spiro atoms. The predicted octanol–water partition coefficient (Wildman–Crippen LogP) is 12.8. The van der Waals surface area contributed by atoms with Gasteiger partial charge < -0.3 is 9.80 Å². The molecule has 5 aliphatic carbocycles. The van der Waals surface area contributed by atoms with Crippen molar-refractivity contribution in [1.82, 2.24) is 0 Å². The summed E-state index contributed by atoms with van der Waals surface area (Å²) in [6.45, 7) is 4.71. The van der Waals surface area contributed by atoms with Crippen LogP contribution in [0.1, 0.15) is 47.2 Å². The number of para-hydroxylation sites is 3. The van der Waals surface area contributed by atoms with Gasteiger partial charge in [0, 0.05) is 39.5 Å². The average molecular weight is 659 g/mol. The van der Waals surface area contributed by atoms with Crippen LogP contribution in [0.15, 0.2) is 170 Å². The van der Waals surface area contributed by atoms with Crippen molar-refractivity contribution in [2.75, 3.05) is 9.80 Å². The van der Waals surface area contributed by atoms with Gasteiger partial charge in [0.1, 0.15) is 0 Å². The summed E-state index contributed by atoms with van der Waals surface area (Å²) in [5, 5.41) is 0. The molecule has 0 N–H and O–H groups in total. The van der Waals surface area contributed by atoms with Crippen molar-refractivity contribution in [2.24, 2.45) is 0 Å². The molecular weight excluding hydrogens is 617 g/mol. The fourth-order valence-corrected chi connectivity index (χ4v) is 8.36. The lowest BCUT2D eigenvalue weighted by molar-refractivity contribution is 0.660. The summed E-state index contributed by atoms with van der Waals surface area (Å²) < 4.78 is 0. The van der Waals surface area contributed by atoms with Crippen LogP contribution < -0.4 is 9.80 Å². The zero-order chi connectivity index (χ0) is 34.4. The number of rotatable bonds is 6. The summed E-state index contributed by atoms with van der Waals surface area (Å²) in [4.78, 5) is 4.93. The minimum atomic E-state index is -0.0223. The fraction of sp³-hybridized carbons (Fsp3) is 0.143. The Balaban J connectivity index is 1.14. The SMILES string of the molecule is CC1(C)c2ccccc2-c2cc(N(c3ccccc3)c3cc4ccc3CCc3ccc(c(N(c5ccccc5)c5ccccc5)c3)CC4)ccc21. The molecule has 2 nitrogen and oxygen atoms in total. The Morgan fingerprint density at radius 2 is 0.824 bits per heavy atom. The van der Waals surface area contributed by atoms with Crippen LogP contribution in [0.5, 0.6) is 0 Å². The standard InChI is InChI=1S/C49H42N2/c1-49(2)45-21-13-12-20-43(45)44-34-42(30-31-46(44)49)51(41-18-10-5-11-19-41)48-33-36-23-27-37-26-22-35(24-28-38(48)29-25-36)32-47(37)50(39-14-6-3-7-15-39)40-16-8-4-9-17-40/h3-22,25-26,29-34H,23-24,27-28H2,1-2H3. The van der Waals surface area contributed by atoms with Crippen LogP contribution in [-0.2, 0) is 31.1 Å². The predicted molar refractivity (Wildman–Crippen MR) is 215 cm³/mol. The Morgan fingerprint density at radius 1 is 0.373 bits per heavy atom. The Morgan fingerprint density at radius 3 is 1.35 bits per heavy atom. The molecule has 5 aliphatic rings. The second-order valence-corrected chi connectivity index (χ2v) is 14.5. The first-order valence-corrected chi connectivity index (χ1v) is 18.3. The molecule has 0 amide bonds. The Labute approximate surface area is 302 Å². The van der Waals surface area contributed by atoms with Crippen molar-refractivity contribution >= 4 is 34.1 Å². The Hall–Kier alpha value is -5.86. The van der Waals surface area contributed by atoms with Gasteiger partial charge in [0.25, 0.3) is 0 Å².